The molecular formula is C25H27N5O5S2. The Labute approximate surface area is 220 Å². The molecule has 0 aliphatic rings. The monoisotopic (exact) mass is 541 g/mol. The lowest BCUT2D eigenvalue weighted by atomic mass is 10.0. The molecule has 3 aromatic carbocycles. The summed E-state index contributed by atoms with van der Waals surface area (Å²) in [5.74, 6) is -0.380. The van der Waals surface area contributed by atoms with Gasteiger partial charge in [0.15, 0.2) is 5.11 Å². The Morgan fingerprint density at radius 2 is 1.59 bits per heavy atom. The maximum atomic E-state index is 13.4. The quantitative estimate of drug-likeness (QED) is 0.220. The largest absolute Gasteiger partial charge is 0.347 e. The zero-order valence-electron chi connectivity index (χ0n) is 20.7. The molecule has 0 bridgehead atoms. The number of nitrogens with zero attached hydrogens (tertiary/aromatic N) is 2. The molecule has 0 aliphatic heterocycles. The molecule has 1 atom stereocenters. The number of nitro benzene ring substituents is 1. The number of para-hydroxylation sites is 1. The standard InChI is InChI=1S/C25H27N5O5S2/c1-16-9-8-10-17(2)22(16)27-24(31)23(18-11-6-5-7-12-18)28-25(36)26-20-14-13-19(15-21(20)30(32)33)37(34,35)29(3)4/h5-15,23H,1-4H3,(H,27,31)(H2,26,28,36). The molecular weight excluding hydrogens is 514 g/mol. The van der Waals surface area contributed by atoms with Gasteiger partial charge in [-0.25, -0.2) is 12.7 Å². The highest BCUT2D eigenvalue weighted by Gasteiger charge is 2.26. The van der Waals surface area contributed by atoms with Crippen LogP contribution in [0, 0.1) is 24.0 Å². The summed E-state index contributed by atoms with van der Waals surface area (Å²) in [5, 5.41) is 20.2. The van der Waals surface area contributed by atoms with Gasteiger partial charge in [0.1, 0.15) is 11.7 Å². The van der Waals surface area contributed by atoms with Gasteiger partial charge in [-0.15, -0.1) is 0 Å². The molecule has 0 saturated heterocycles. The number of rotatable bonds is 8. The molecule has 1 amide bonds. The van der Waals surface area contributed by atoms with Crippen molar-refractivity contribution in [3.05, 3.63) is 93.5 Å². The Kier molecular flexibility index (Phi) is 8.58. The number of anilines is 2. The first-order valence-electron chi connectivity index (χ1n) is 11.1. The van der Waals surface area contributed by atoms with Crippen molar-refractivity contribution in [3.63, 3.8) is 0 Å². The van der Waals surface area contributed by atoms with Crippen molar-refractivity contribution in [3.8, 4) is 0 Å². The number of nitro groups is 1. The molecule has 3 aromatic rings. The van der Waals surface area contributed by atoms with Crippen molar-refractivity contribution < 1.29 is 18.1 Å². The van der Waals surface area contributed by atoms with Crippen molar-refractivity contribution >= 4 is 50.3 Å². The zero-order chi connectivity index (χ0) is 27.3. The van der Waals surface area contributed by atoms with Crippen LogP contribution in [-0.2, 0) is 14.8 Å². The van der Waals surface area contributed by atoms with Crippen LogP contribution in [0.15, 0.2) is 71.6 Å². The van der Waals surface area contributed by atoms with Crippen LogP contribution in [0.2, 0.25) is 0 Å². The van der Waals surface area contributed by atoms with Gasteiger partial charge in [0.25, 0.3) is 11.6 Å². The summed E-state index contributed by atoms with van der Waals surface area (Å²) in [6, 6.07) is 17.1. The minimum absolute atomic E-state index is 0.0258. The van der Waals surface area contributed by atoms with Gasteiger partial charge in [-0.2, -0.15) is 0 Å². The van der Waals surface area contributed by atoms with Gasteiger partial charge in [-0.3, -0.25) is 14.9 Å². The van der Waals surface area contributed by atoms with Crippen LogP contribution in [0.5, 0.6) is 0 Å². The Morgan fingerprint density at radius 3 is 2.16 bits per heavy atom. The highest BCUT2D eigenvalue weighted by Crippen LogP contribution is 2.29. The Balaban J connectivity index is 1.89. The van der Waals surface area contributed by atoms with Crippen LogP contribution >= 0.6 is 12.2 Å². The lowest BCUT2D eigenvalue weighted by Crippen LogP contribution is -2.39. The van der Waals surface area contributed by atoms with Crippen LogP contribution in [0.25, 0.3) is 0 Å². The average molecular weight is 542 g/mol. The predicted molar refractivity (Wildman–Crippen MR) is 147 cm³/mol. The molecule has 3 N–H and O–H groups in total. The van der Waals surface area contributed by atoms with Crippen LogP contribution < -0.4 is 16.0 Å². The Bertz CT molecular complexity index is 1420. The van der Waals surface area contributed by atoms with Gasteiger partial charge in [0.2, 0.25) is 10.0 Å². The van der Waals surface area contributed by atoms with Crippen LogP contribution in [0.4, 0.5) is 17.1 Å². The molecule has 37 heavy (non-hydrogen) atoms. The number of carbonyl (C=O) groups excluding carboxylic acids is 1. The molecule has 0 aliphatic carbocycles. The smallest absolute Gasteiger partial charge is 0.294 e. The molecule has 194 valence electrons. The molecule has 0 fully saturated rings. The van der Waals surface area contributed by atoms with E-state index < -0.39 is 26.7 Å². The van der Waals surface area contributed by atoms with E-state index >= 15 is 0 Å². The van der Waals surface area contributed by atoms with Gasteiger partial charge in [0, 0.05) is 25.8 Å². The van der Waals surface area contributed by atoms with E-state index in [9.17, 15) is 23.3 Å². The molecule has 0 radical (unpaired) electrons. The van der Waals surface area contributed by atoms with Crippen LogP contribution in [0.1, 0.15) is 22.7 Å². The molecule has 0 saturated carbocycles. The van der Waals surface area contributed by atoms with Crippen LogP contribution in [0.3, 0.4) is 0 Å². The minimum Gasteiger partial charge on any atom is -0.347 e. The summed E-state index contributed by atoms with van der Waals surface area (Å²) in [5.41, 5.74) is 2.58. The zero-order valence-corrected chi connectivity index (χ0v) is 22.3. The fraction of sp³-hybridized carbons (Fsp3) is 0.200. The minimum atomic E-state index is -3.88. The maximum Gasteiger partial charge on any atom is 0.294 e. The topological polar surface area (TPSA) is 134 Å². The van der Waals surface area contributed by atoms with Gasteiger partial charge < -0.3 is 16.0 Å². The third-order valence-corrected chi connectivity index (χ3v) is 7.62. The number of thiocarbonyl (C=S) groups is 1. The second-order valence-corrected chi connectivity index (χ2v) is 11.0. The van der Waals surface area contributed by atoms with E-state index in [0.29, 0.717) is 11.3 Å². The molecule has 10 nitrogen and oxygen atoms in total. The number of hydrogen-bond acceptors (Lipinski definition) is 6. The van der Waals surface area contributed by atoms with E-state index in [1.807, 2.05) is 38.1 Å². The molecule has 0 heterocycles. The van der Waals surface area contributed by atoms with Gasteiger partial charge in [-0.1, -0.05) is 48.5 Å². The second kappa shape index (κ2) is 11.5. The highest BCUT2D eigenvalue weighted by atomic mass is 32.2. The summed E-state index contributed by atoms with van der Waals surface area (Å²) >= 11 is 5.39. The summed E-state index contributed by atoms with van der Waals surface area (Å²) in [6.07, 6.45) is 0. The Hall–Kier alpha value is -3.87. The van der Waals surface area contributed by atoms with E-state index in [2.05, 4.69) is 16.0 Å². The third-order valence-electron chi connectivity index (χ3n) is 5.59. The lowest BCUT2D eigenvalue weighted by Gasteiger charge is -2.22. The van der Waals surface area contributed by atoms with Gasteiger partial charge >= 0.3 is 0 Å². The number of sulfonamides is 1. The molecule has 3 rings (SSSR count). The van der Waals surface area contributed by atoms with E-state index in [1.165, 1.54) is 26.2 Å². The van der Waals surface area contributed by atoms with E-state index in [1.54, 1.807) is 24.3 Å². The number of nitrogens with one attached hydrogen (secondary N) is 3. The maximum absolute atomic E-state index is 13.4. The molecule has 12 heteroatoms. The van der Waals surface area contributed by atoms with E-state index in [-0.39, 0.29) is 21.6 Å². The van der Waals surface area contributed by atoms with Gasteiger partial charge in [0.05, 0.1) is 9.82 Å². The second-order valence-electron chi connectivity index (χ2n) is 8.42. The number of benzene rings is 3. The predicted octanol–water partition coefficient (Wildman–Crippen LogP) is 4.13. The number of amides is 1. The number of aryl methyl sites for hydroxylation is 2. The molecule has 1 unspecified atom stereocenters. The first-order chi connectivity index (χ1) is 17.4. The van der Waals surface area contributed by atoms with Crippen LogP contribution in [-0.4, -0.2) is 42.8 Å². The first-order valence-corrected chi connectivity index (χ1v) is 13.0. The summed E-state index contributed by atoms with van der Waals surface area (Å²) in [6.45, 7) is 3.78. The lowest BCUT2D eigenvalue weighted by molar-refractivity contribution is -0.384. The SMILES string of the molecule is Cc1cccc(C)c1NC(=O)C(NC(=S)Nc1ccc(S(=O)(=O)N(C)C)cc1[N+](=O)[O-])c1ccccc1. The Morgan fingerprint density at radius 1 is 0.973 bits per heavy atom. The molecule has 0 spiro atoms. The summed E-state index contributed by atoms with van der Waals surface area (Å²) < 4.78 is 25.8. The van der Waals surface area contributed by atoms with Crippen molar-refractivity contribution in [1.82, 2.24) is 9.62 Å². The normalized spacial score (nSPS) is 12.0. The number of hydrogen-bond donors (Lipinski definition) is 3. The van der Waals surface area contributed by atoms with Crippen molar-refractivity contribution in [2.24, 2.45) is 0 Å². The molecule has 0 aromatic heterocycles. The highest BCUT2D eigenvalue weighted by molar-refractivity contribution is 7.89. The summed E-state index contributed by atoms with van der Waals surface area (Å²) in [7, 11) is -1.22. The van der Waals surface area contributed by atoms with E-state index in [4.69, 9.17) is 12.2 Å². The van der Waals surface area contributed by atoms with Crippen molar-refractivity contribution in [2.75, 3.05) is 24.7 Å². The number of carbonyl (C=O) groups is 1. The summed E-state index contributed by atoms with van der Waals surface area (Å²) in [4.78, 5) is 24.1. The fourth-order valence-electron chi connectivity index (χ4n) is 3.58. The van der Waals surface area contributed by atoms with E-state index in [0.717, 1.165) is 21.5 Å². The third kappa shape index (κ3) is 6.47. The van der Waals surface area contributed by atoms with Crippen molar-refractivity contribution in [2.45, 2.75) is 24.8 Å². The average Bonchev–Trinajstić information content (AvgIpc) is 2.85. The fourth-order valence-corrected chi connectivity index (χ4v) is 4.73. The first kappa shape index (κ1) is 27.7. The van der Waals surface area contributed by atoms with Crippen molar-refractivity contribution in [1.29, 1.82) is 0 Å². The van der Waals surface area contributed by atoms with Gasteiger partial charge in [-0.05, 0) is 54.9 Å².